The highest BCUT2D eigenvalue weighted by molar-refractivity contribution is 5.63. The average Bonchev–Trinajstić information content (AvgIpc) is 2.35. The van der Waals surface area contributed by atoms with Gasteiger partial charge in [-0.1, -0.05) is 6.07 Å². The van der Waals surface area contributed by atoms with Crippen LogP contribution in [0.25, 0.3) is 11.4 Å². The molecule has 0 atom stereocenters. The third-order valence-electron chi connectivity index (χ3n) is 2.97. The van der Waals surface area contributed by atoms with Gasteiger partial charge in [-0.2, -0.15) is 0 Å². The molecule has 0 aliphatic rings. The lowest BCUT2D eigenvalue weighted by atomic mass is 10.1. The molecule has 18 heavy (non-hydrogen) atoms. The van der Waals surface area contributed by atoms with Crippen molar-refractivity contribution in [2.45, 2.75) is 20.8 Å². The van der Waals surface area contributed by atoms with Crippen molar-refractivity contribution in [2.24, 2.45) is 5.84 Å². The summed E-state index contributed by atoms with van der Waals surface area (Å²) >= 11 is 0. The lowest BCUT2D eigenvalue weighted by Crippen LogP contribution is -2.12. The smallest absolute Gasteiger partial charge is 0.162 e. The summed E-state index contributed by atoms with van der Waals surface area (Å²) in [7, 11) is 0. The van der Waals surface area contributed by atoms with Crippen LogP contribution in [0, 0.1) is 26.6 Å². The minimum Gasteiger partial charge on any atom is -0.308 e. The van der Waals surface area contributed by atoms with Gasteiger partial charge in [0.05, 0.1) is 0 Å². The fraction of sp³-hybridized carbons (Fsp3) is 0.231. The van der Waals surface area contributed by atoms with E-state index in [0.29, 0.717) is 17.2 Å². The quantitative estimate of drug-likeness (QED) is 0.631. The van der Waals surface area contributed by atoms with Crippen LogP contribution in [0.2, 0.25) is 0 Å². The molecule has 1 aromatic heterocycles. The number of aromatic nitrogens is 2. The van der Waals surface area contributed by atoms with Crippen LogP contribution >= 0.6 is 0 Å². The lowest BCUT2D eigenvalue weighted by Gasteiger charge is -2.11. The van der Waals surface area contributed by atoms with Gasteiger partial charge in [-0.25, -0.2) is 20.2 Å². The predicted molar refractivity (Wildman–Crippen MR) is 69.4 cm³/mol. The summed E-state index contributed by atoms with van der Waals surface area (Å²) in [5.41, 5.74) is 5.83. The SMILES string of the molecule is Cc1ccc(F)cc1-c1nc(C)c(C)c(NN)n1. The van der Waals surface area contributed by atoms with Gasteiger partial charge in [0.25, 0.3) is 0 Å². The van der Waals surface area contributed by atoms with Gasteiger partial charge in [0, 0.05) is 16.8 Å². The van der Waals surface area contributed by atoms with E-state index in [0.717, 1.165) is 16.8 Å². The molecule has 0 unspecified atom stereocenters. The van der Waals surface area contributed by atoms with Gasteiger partial charge in [0.1, 0.15) is 11.6 Å². The molecule has 1 heterocycles. The first kappa shape index (κ1) is 12.4. The summed E-state index contributed by atoms with van der Waals surface area (Å²) < 4.78 is 13.3. The maximum Gasteiger partial charge on any atom is 0.162 e. The molecule has 0 saturated carbocycles. The number of anilines is 1. The second-order valence-corrected chi connectivity index (χ2v) is 4.21. The van der Waals surface area contributed by atoms with Crippen LogP contribution in [-0.2, 0) is 0 Å². The van der Waals surface area contributed by atoms with Crippen LogP contribution in [0.4, 0.5) is 10.2 Å². The van der Waals surface area contributed by atoms with E-state index in [9.17, 15) is 4.39 Å². The summed E-state index contributed by atoms with van der Waals surface area (Å²) in [6, 6.07) is 4.56. The van der Waals surface area contributed by atoms with E-state index in [1.807, 2.05) is 20.8 Å². The van der Waals surface area contributed by atoms with Gasteiger partial charge in [0.15, 0.2) is 5.82 Å². The molecule has 1 aromatic carbocycles. The summed E-state index contributed by atoms with van der Waals surface area (Å²) in [5.74, 6) is 6.15. The number of hydrogen-bond acceptors (Lipinski definition) is 4. The molecule has 5 heteroatoms. The second-order valence-electron chi connectivity index (χ2n) is 4.21. The van der Waals surface area contributed by atoms with Crippen LogP contribution in [0.3, 0.4) is 0 Å². The number of nitrogens with one attached hydrogen (secondary N) is 1. The first-order valence-corrected chi connectivity index (χ1v) is 5.61. The number of nitrogens with zero attached hydrogens (tertiary/aromatic N) is 2. The van der Waals surface area contributed by atoms with E-state index in [1.54, 1.807) is 6.07 Å². The number of hydrazine groups is 1. The minimum absolute atomic E-state index is 0.306. The monoisotopic (exact) mass is 246 g/mol. The average molecular weight is 246 g/mol. The maximum absolute atomic E-state index is 13.3. The topological polar surface area (TPSA) is 63.8 Å². The summed E-state index contributed by atoms with van der Waals surface area (Å²) in [6.45, 7) is 5.64. The van der Waals surface area contributed by atoms with Crippen LogP contribution in [0.5, 0.6) is 0 Å². The maximum atomic E-state index is 13.3. The number of nitrogens with two attached hydrogens (primary N) is 1. The Kier molecular flexibility index (Phi) is 3.25. The Labute approximate surface area is 105 Å². The highest BCUT2D eigenvalue weighted by Crippen LogP contribution is 2.24. The van der Waals surface area contributed by atoms with Crippen molar-refractivity contribution in [3.05, 3.63) is 40.8 Å². The predicted octanol–water partition coefficient (Wildman–Crippen LogP) is 2.49. The fourth-order valence-corrected chi connectivity index (χ4v) is 1.72. The first-order valence-electron chi connectivity index (χ1n) is 5.61. The van der Waals surface area contributed by atoms with Gasteiger partial charge in [-0.05, 0) is 38.5 Å². The Morgan fingerprint density at radius 1 is 1.17 bits per heavy atom. The zero-order valence-corrected chi connectivity index (χ0v) is 10.6. The molecule has 0 aliphatic carbocycles. The van der Waals surface area contributed by atoms with E-state index in [-0.39, 0.29) is 5.82 Å². The number of rotatable bonds is 2. The van der Waals surface area contributed by atoms with Gasteiger partial charge < -0.3 is 5.43 Å². The van der Waals surface area contributed by atoms with Gasteiger partial charge in [-0.3, -0.25) is 0 Å². The highest BCUT2D eigenvalue weighted by Gasteiger charge is 2.11. The van der Waals surface area contributed by atoms with E-state index in [1.165, 1.54) is 12.1 Å². The molecule has 0 bridgehead atoms. The Morgan fingerprint density at radius 3 is 2.56 bits per heavy atom. The molecule has 2 rings (SSSR count). The van der Waals surface area contributed by atoms with E-state index >= 15 is 0 Å². The Balaban J connectivity index is 2.64. The molecule has 94 valence electrons. The summed E-state index contributed by atoms with van der Waals surface area (Å²) in [6.07, 6.45) is 0. The minimum atomic E-state index is -0.306. The fourth-order valence-electron chi connectivity index (χ4n) is 1.72. The molecule has 0 fully saturated rings. The number of nitrogen functional groups attached to an aromatic ring is 1. The van der Waals surface area contributed by atoms with Gasteiger partial charge in [0.2, 0.25) is 0 Å². The number of benzene rings is 1. The number of hydrogen-bond donors (Lipinski definition) is 2. The van der Waals surface area contributed by atoms with Crippen molar-refractivity contribution >= 4 is 5.82 Å². The third kappa shape index (κ3) is 2.17. The van der Waals surface area contributed by atoms with Crippen LogP contribution in [-0.4, -0.2) is 9.97 Å². The molecule has 2 aromatic rings. The molecule has 0 aliphatic heterocycles. The van der Waals surface area contributed by atoms with Crippen molar-refractivity contribution in [1.29, 1.82) is 0 Å². The Bertz CT molecular complexity index is 596. The van der Waals surface area contributed by atoms with Crippen molar-refractivity contribution in [3.63, 3.8) is 0 Å². The summed E-state index contributed by atoms with van der Waals surface area (Å²) in [5, 5.41) is 0. The van der Waals surface area contributed by atoms with E-state index in [2.05, 4.69) is 15.4 Å². The van der Waals surface area contributed by atoms with Crippen LogP contribution < -0.4 is 11.3 Å². The second kappa shape index (κ2) is 4.70. The van der Waals surface area contributed by atoms with Crippen LogP contribution in [0.1, 0.15) is 16.8 Å². The van der Waals surface area contributed by atoms with Gasteiger partial charge in [-0.15, -0.1) is 0 Å². The van der Waals surface area contributed by atoms with Crippen molar-refractivity contribution in [1.82, 2.24) is 9.97 Å². The zero-order chi connectivity index (χ0) is 13.3. The third-order valence-corrected chi connectivity index (χ3v) is 2.97. The van der Waals surface area contributed by atoms with Gasteiger partial charge >= 0.3 is 0 Å². The highest BCUT2D eigenvalue weighted by atomic mass is 19.1. The molecule has 3 N–H and O–H groups in total. The lowest BCUT2D eigenvalue weighted by molar-refractivity contribution is 0.627. The Morgan fingerprint density at radius 2 is 1.89 bits per heavy atom. The Hall–Kier alpha value is -2.01. The molecular weight excluding hydrogens is 231 g/mol. The molecule has 4 nitrogen and oxygen atoms in total. The first-order chi connectivity index (χ1) is 8.52. The van der Waals surface area contributed by atoms with Crippen LogP contribution in [0.15, 0.2) is 18.2 Å². The van der Waals surface area contributed by atoms with Crippen molar-refractivity contribution in [2.75, 3.05) is 5.43 Å². The molecule has 0 spiro atoms. The van der Waals surface area contributed by atoms with E-state index < -0.39 is 0 Å². The molecule has 0 saturated heterocycles. The molecule has 0 amide bonds. The normalized spacial score (nSPS) is 10.5. The molecular formula is C13H15FN4. The van der Waals surface area contributed by atoms with Crippen molar-refractivity contribution < 1.29 is 4.39 Å². The number of aryl methyl sites for hydroxylation is 2. The zero-order valence-electron chi connectivity index (χ0n) is 10.6. The van der Waals surface area contributed by atoms with E-state index in [4.69, 9.17) is 5.84 Å². The number of halogens is 1. The summed E-state index contributed by atoms with van der Waals surface area (Å²) in [4.78, 5) is 8.69. The standard InChI is InChI=1S/C13H15FN4/c1-7-4-5-10(14)6-11(7)13-16-9(3)8(2)12(17-13)18-15/h4-6H,15H2,1-3H3,(H,16,17,18). The largest absolute Gasteiger partial charge is 0.308 e. The molecule has 0 radical (unpaired) electrons. The van der Waals surface area contributed by atoms with Crippen molar-refractivity contribution in [3.8, 4) is 11.4 Å².